The zero-order valence-corrected chi connectivity index (χ0v) is 13.3. The molecule has 0 spiro atoms. The third-order valence-electron chi connectivity index (χ3n) is 5.24. The van der Waals surface area contributed by atoms with E-state index in [1.165, 1.54) is 25.7 Å². The van der Waals surface area contributed by atoms with E-state index in [0.29, 0.717) is 24.0 Å². The number of aryl methyl sites for hydroxylation is 1. The Balaban J connectivity index is 1.44. The van der Waals surface area contributed by atoms with Gasteiger partial charge in [-0.2, -0.15) is 14.9 Å². The van der Waals surface area contributed by atoms with Crippen LogP contribution in [-0.4, -0.2) is 25.9 Å². The highest BCUT2D eigenvalue weighted by molar-refractivity contribution is 5.90. The molecule has 3 atom stereocenters. The van der Waals surface area contributed by atoms with Crippen molar-refractivity contribution in [1.82, 2.24) is 20.0 Å². The van der Waals surface area contributed by atoms with Crippen molar-refractivity contribution in [3.63, 3.8) is 0 Å². The van der Waals surface area contributed by atoms with Crippen LogP contribution in [0.3, 0.4) is 0 Å². The highest BCUT2D eigenvalue weighted by Crippen LogP contribution is 2.49. The lowest BCUT2D eigenvalue weighted by Gasteiger charge is -2.20. The highest BCUT2D eigenvalue weighted by atomic mass is 16.1. The zero-order valence-electron chi connectivity index (χ0n) is 13.3. The fourth-order valence-electron chi connectivity index (χ4n) is 4.14. The summed E-state index contributed by atoms with van der Waals surface area (Å²) in [7, 11) is 0. The standard InChI is InChI=1S/C17H21N5O/c1-11-2-5-16(21-20-11)22-15(6-7-18-22)19-17(23)10-14-9-12-3-4-13(14)8-12/h2,5-7,12-14H,3-4,8-10H2,1H3,(H,19,23)/t12-,13-,14-/m0/s1. The lowest BCUT2D eigenvalue weighted by Crippen LogP contribution is -2.21. The fourth-order valence-corrected chi connectivity index (χ4v) is 4.14. The quantitative estimate of drug-likeness (QED) is 0.942. The molecular weight excluding hydrogens is 290 g/mol. The maximum absolute atomic E-state index is 12.4. The molecule has 2 aromatic rings. The van der Waals surface area contributed by atoms with E-state index in [1.54, 1.807) is 16.9 Å². The minimum absolute atomic E-state index is 0.0735. The Labute approximate surface area is 135 Å². The summed E-state index contributed by atoms with van der Waals surface area (Å²) in [5.74, 6) is 3.52. The molecule has 1 N–H and O–H groups in total. The van der Waals surface area contributed by atoms with Gasteiger partial charge in [-0.25, -0.2) is 0 Å². The van der Waals surface area contributed by atoms with E-state index < -0.39 is 0 Å². The first-order valence-corrected chi connectivity index (χ1v) is 8.33. The molecule has 0 radical (unpaired) electrons. The van der Waals surface area contributed by atoms with Gasteiger partial charge in [0.1, 0.15) is 5.82 Å². The van der Waals surface area contributed by atoms with Gasteiger partial charge >= 0.3 is 0 Å². The van der Waals surface area contributed by atoms with Crippen molar-refractivity contribution in [2.24, 2.45) is 17.8 Å². The van der Waals surface area contributed by atoms with Crippen molar-refractivity contribution in [2.45, 2.75) is 39.0 Å². The molecule has 2 bridgehead atoms. The molecule has 2 fully saturated rings. The number of anilines is 1. The van der Waals surface area contributed by atoms with Gasteiger partial charge in [0.2, 0.25) is 5.91 Å². The molecule has 6 nitrogen and oxygen atoms in total. The molecule has 6 heteroatoms. The number of carbonyl (C=O) groups excluding carboxylic acids is 1. The van der Waals surface area contributed by atoms with Crippen molar-refractivity contribution in [1.29, 1.82) is 0 Å². The minimum atomic E-state index is 0.0735. The Morgan fingerprint density at radius 2 is 2.17 bits per heavy atom. The summed E-state index contributed by atoms with van der Waals surface area (Å²) in [4.78, 5) is 12.4. The summed E-state index contributed by atoms with van der Waals surface area (Å²) < 4.78 is 1.62. The molecule has 0 aromatic carbocycles. The summed E-state index contributed by atoms with van der Waals surface area (Å²) in [6.07, 6.45) is 7.50. The predicted molar refractivity (Wildman–Crippen MR) is 86.1 cm³/mol. The number of rotatable bonds is 4. The molecule has 4 rings (SSSR count). The second-order valence-electron chi connectivity index (χ2n) is 6.85. The normalized spacial score (nSPS) is 25.7. The highest BCUT2D eigenvalue weighted by Gasteiger charge is 2.40. The topological polar surface area (TPSA) is 72.7 Å². The van der Waals surface area contributed by atoms with Crippen molar-refractivity contribution >= 4 is 11.7 Å². The van der Waals surface area contributed by atoms with Crippen LogP contribution >= 0.6 is 0 Å². The Bertz CT molecular complexity index is 708. The Morgan fingerprint density at radius 1 is 1.26 bits per heavy atom. The molecular formula is C17H21N5O. The van der Waals surface area contributed by atoms with E-state index in [1.807, 2.05) is 19.1 Å². The monoisotopic (exact) mass is 311 g/mol. The van der Waals surface area contributed by atoms with Crippen LogP contribution in [0.4, 0.5) is 5.82 Å². The second-order valence-corrected chi connectivity index (χ2v) is 6.85. The van der Waals surface area contributed by atoms with Crippen LogP contribution in [-0.2, 0) is 4.79 Å². The molecule has 23 heavy (non-hydrogen) atoms. The Hall–Kier alpha value is -2.24. The molecule has 2 aliphatic rings. The van der Waals surface area contributed by atoms with Crippen LogP contribution in [0.25, 0.3) is 5.82 Å². The first-order valence-electron chi connectivity index (χ1n) is 8.33. The molecule has 0 unspecified atom stereocenters. The number of hydrogen-bond donors (Lipinski definition) is 1. The van der Waals surface area contributed by atoms with Gasteiger partial charge in [-0.05, 0) is 56.1 Å². The zero-order chi connectivity index (χ0) is 15.8. The molecule has 1 amide bonds. The largest absolute Gasteiger partial charge is 0.311 e. The third kappa shape index (κ3) is 2.85. The average Bonchev–Trinajstić information content (AvgIpc) is 3.25. The molecule has 2 aliphatic carbocycles. The number of carbonyl (C=O) groups is 1. The second kappa shape index (κ2) is 5.76. The lowest BCUT2D eigenvalue weighted by atomic mass is 9.86. The van der Waals surface area contributed by atoms with E-state index >= 15 is 0 Å². The Kier molecular flexibility index (Phi) is 3.59. The SMILES string of the molecule is Cc1ccc(-n2nccc2NC(=O)C[C@@H]2C[C@H]3CC[C@H]2C3)nn1. The molecule has 2 saturated carbocycles. The van der Waals surface area contributed by atoms with Gasteiger partial charge in [-0.3, -0.25) is 4.79 Å². The maximum Gasteiger partial charge on any atom is 0.225 e. The summed E-state index contributed by atoms with van der Waals surface area (Å²) in [6.45, 7) is 1.89. The predicted octanol–water partition coefficient (Wildman–Crippen LogP) is 2.74. The van der Waals surface area contributed by atoms with E-state index in [0.717, 1.165) is 17.5 Å². The van der Waals surface area contributed by atoms with Crippen LogP contribution in [0.1, 0.15) is 37.8 Å². The van der Waals surface area contributed by atoms with Gasteiger partial charge in [0.15, 0.2) is 5.82 Å². The molecule has 2 heterocycles. The summed E-state index contributed by atoms with van der Waals surface area (Å²) in [6, 6.07) is 5.52. The van der Waals surface area contributed by atoms with Gasteiger partial charge in [-0.15, -0.1) is 5.10 Å². The van der Waals surface area contributed by atoms with Crippen LogP contribution in [0, 0.1) is 24.7 Å². The Morgan fingerprint density at radius 3 is 2.87 bits per heavy atom. The average molecular weight is 311 g/mol. The van der Waals surface area contributed by atoms with Gasteiger partial charge in [0.05, 0.1) is 11.9 Å². The van der Waals surface area contributed by atoms with E-state index in [2.05, 4.69) is 20.6 Å². The van der Waals surface area contributed by atoms with E-state index in [9.17, 15) is 4.79 Å². The first kappa shape index (κ1) is 14.4. The minimum Gasteiger partial charge on any atom is -0.311 e. The lowest BCUT2D eigenvalue weighted by molar-refractivity contribution is -0.117. The van der Waals surface area contributed by atoms with Crippen molar-refractivity contribution in [3.8, 4) is 5.82 Å². The molecule has 2 aromatic heterocycles. The fraction of sp³-hybridized carbons (Fsp3) is 0.529. The van der Waals surface area contributed by atoms with Crippen LogP contribution < -0.4 is 5.32 Å². The number of nitrogens with one attached hydrogen (secondary N) is 1. The maximum atomic E-state index is 12.4. The van der Waals surface area contributed by atoms with Gasteiger partial charge in [0, 0.05) is 12.5 Å². The van der Waals surface area contributed by atoms with Crippen LogP contribution in [0.5, 0.6) is 0 Å². The smallest absolute Gasteiger partial charge is 0.225 e. The van der Waals surface area contributed by atoms with Crippen LogP contribution in [0.2, 0.25) is 0 Å². The molecule has 0 aliphatic heterocycles. The first-order chi connectivity index (χ1) is 11.2. The molecule has 0 saturated heterocycles. The van der Waals surface area contributed by atoms with Gasteiger partial charge in [0.25, 0.3) is 0 Å². The number of hydrogen-bond acceptors (Lipinski definition) is 4. The van der Waals surface area contributed by atoms with Crippen molar-refractivity contribution in [2.75, 3.05) is 5.32 Å². The van der Waals surface area contributed by atoms with Crippen LogP contribution in [0.15, 0.2) is 24.4 Å². The van der Waals surface area contributed by atoms with Crippen molar-refractivity contribution < 1.29 is 4.79 Å². The number of nitrogens with zero attached hydrogens (tertiary/aromatic N) is 4. The molecule has 120 valence electrons. The summed E-state index contributed by atoms with van der Waals surface area (Å²) >= 11 is 0. The van der Waals surface area contributed by atoms with Gasteiger partial charge in [-0.1, -0.05) is 6.42 Å². The summed E-state index contributed by atoms with van der Waals surface area (Å²) in [5.41, 5.74) is 0.850. The number of amides is 1. The van der Waals surface area contributed by atoms with E-state index in [-0.39, 0.29) is 5.91 Å². The summed E-state index contributed by atoms with van der Waals surface area (Å²) in [5, 5.41) is 15.4. The van der Waals surface area contributed by atoms with Crippen molar-refractivity contribution in [3.05, 3.63) is 30.1 Å². The van der Waals surface area contributed by atoms with Gasteiger partial charge < -0.3 is 5.32 Å². The number of fused-ring (bicyclic) bond motifs is 2. The van der Waals surface area contributed by atoms with E-state index in [4.69, 9.17) is 0 Å². The third-order valence-corrected chi connectivity index (χ3v) is 5.24. The number of aromatic nitrogens is 4.